The highest BCUT2D eigenvalue weighted by Gasteiger charge is 2.47. The van der Waals surface area contributed by atoms with Crippen LogP contribution in [0.3, 0.4) is 0 Å². The van der Waals surface area contributed by atoms with Gasteiger partial charge in [0.1, 0.15) is 25.1 Å². The van der Waals surface area contributed by atoms with Crippen LogP contribution in [-0.4, -0.2) is 48.1 Å². The number of nitrogens with zero attached hydrogens (tertiary/aromatic N) is 1. The SMILES string of the molecule is OCC1(CO)OC2=CC3=CC=NCC3CC2O1. The summed E-state index contributed by atoms with van der Waals surface area (Å²) in [6.07, 6.45) is 6.32. The molecule has 0 aromatic carbocycles. The Hall–Kier alpha value is -1.17. The summed E-state index contributed by atoms with van der Waals surface area (Å²) in [5, 5.41) is 18.5. The van der Waals surface area contributed by atoms with Gasteiger partial charge >= 0.3 is 0 Å². The molecule has 0 amide bonds. The number of aliphatic hydroxyl groups excluding tert-OH is 2. The molecule has 2 atom stereocenters. The first-order valence-corrected chi connectivity index (χ1v) is 5.76. The highest BCUT2D eigenvalue weighted by atomic mass is 16.8. The highest BCUT2D eigenvalue weighted by molar-refractivity contribution is 5.74. The summed E-state index contributed by atoms with van der Waals surface area (Å²) >= 11 is 0. The molecule has 3 rings (SSSR count). The summed E-state index contributed by atoms with van der Waals surface area (Å²) in [7, 11) is 0. The van der Waals surface area contributed by atoms with E-state index in [9.17, 15) is 10.2 Å². The molecule has 1 fully saturated rings. The van der Waals surface area contributed by atoms with E-state index in [1.807, 2.05) is 12.2 Å². The molecule has 17 heavy (non-hydrogen) atoms. The molecule has 5 heteroatoms. The van der Waals surface area contributed by atoms with Crippen LogP contribution in [0.5, 0.6) is 0 Å². The van der Waals surface area contributed by atoms with Crippen molar-refractivity contribution >= 4 is 6.21 Å². The Morgan fingerprint density at radius 1 is 1.41 bits per heavy atom. The third-order valence-corrected chi connectivity index (χ3v) is 3.44. The average molecular weight is 237 g/mol. The van der Waals surface area contributed by atoms with E-state index < -0.39 is 5.79 Å². The van der Waals surface area contributed by atoms with E-state index in [1.54, 1.807) is 6.21 Å². The minimum atomic E-state index is -1.27. The molecule has 5 nitrogen and oxygen atoms in total. The van der Waals surface area contributed by atoms with Crippen LogP contribution in [0, 0.1) is 5.92 Å². The normalized spacial score (nSPS) is 33.3. The van der Waals surface area contributed by atoms with E-state index in [4.69, 9.17) is 9.47 Å². The van der Waals surface area contributed by atoms with Crippen molar-refractivity contribution in [2.45, 2.75) is 18.3 Å². The molecule has 2 aliphatic heterocycles. The molecule has 1 saturated heterocycles. The lowest BCUT2D eigenvalue weighted by Gasteiger charge is -2.26. The minimum Gasteiger partial charge on any atom is -0.459 e. The second-order valence-corrected chi connectivity index (χ2v) is 4.60. The summed E-state index contributed by atoms with van der Waals surface area (Å²) in [6.45, 7) is 0.0653. The lowest BCUT2D eigenvalue weighted by molar-refractivity contribution is -0.209. The Kier molecular flexibility index (Phi) is 2.54. The maximum absolute atomic E-state index is 9.25. The molecule has 0 radical (unpaired) electrons. The lowest BCUT2D eigenvalue weighted by Crippen LogP contribution is -2.39. The molecular formula is C12H15NO4. The summed E-state index contributed by atoms with van der Waals surface area (Å²) in [6, 6.07) is 0. The minimum absolute atomic E-state index is 0.176. The van der Waals surface area contributed by atoms with Gasteiger partial charge in [-0.05, 0) is 24.1 Å². The molecule has 0 aromatic heterocycles. The zero-order chi connectivity index (χ0) is 11.9. The second kappa shape index (κ2) is 3.94. The van der Waals surface area contributed by atoms with E-state index in [0.717, 1.165) is 13.0 Å². The number of ether oxygens (including phenoxy) is 2. The van der Waals surface area contributed by atoms with Gasteiger partial charge in [0.15, 0.2) is 0 Å². The Morgan fingerprint density at radius 2 is 2.24 bits per heavy atom. The van der Waals surface area contributed by atoms with Crippen LogP contribution >= 0.6 is 0 Å². The molecule has 0 spiro atoms. The molecular weight excluding hydrogens is 222 g/mol. The van der Waals surface area contributed by atoms with Crippen LogP contribution in [0.25, 0.3) is 0 Å². The van der Waals surface area contributed by atoms with Crippen molar-refractivity contribution in [3.05, 3.63) is 23.5 Å². The predicted octanol–water partition coefficient (Wildman–Crippen LogP) is -0.00270. The highest BCUT2D eigenvalue weighted by Crippen LogP contribution is 2.40. The fraction of sp³-hybridized carbons (Fsp3) is 0.583. The Morgan fingerprint density at radius 3 is 3.00 bits per heavy atom. The van der Waals surface area contributed by atoms with Crippen molar-refractivity contribution in [3.63, 3.8) is 0 Å². The van der Waals surface area contributed by atoms with Crippen LogP contribution in [0.15, 0.2) is 28.5 Å². The number of hydrogen-bond acceptors (Lipinski definition) is 5. The molecule has 2 unspecified atom stereocenters. The number of aliphatic hydroxyl groups is 2. The predicted molar refractivity (Wildman–Crippen MR) is 60.5 cm³/mol. The summed E-state index contributed by atoms with van der Waals surface area (Å²) in [5.74, 6) is -0.220. The molecule has 0 saturated carbocycles. The van der Waals surface area contributed by atoms with Crippen molar-refractivity contribution in [2.75, 3.05) is 19.8 Å². The first-order chi connectivity index (χ1) is 8.26. The van der Waals surface area contributed by atoms with Crippen LogP contribution in [0.1, 0.15) is 6.42 Å². The molecule has 2 heterocycles. The van der Waals surface area contributed by atoms with Gasteiger partial charge in [0, 0.05) is 18.7 Å². The molecule has 1 aliphatic carbocycles. The molecule has 92 valence electrons. The van der Waals surface area contributed by atoms with E-state index in [2.05, 4.69) is 4.99 Å². The number of rotatable bonds is 2. The number of fused-ring (bicyclic) bond motifs is 2. The quantitative estimate of drug-likeness (QED) is 0.709. The van der Waals surface area contributed by atoms with E-state index >= 15 is 0 Å². The van der Waals surface area contributed by atoms with Crippen molar-refractivity contribution < 1.29 is 19.7 Å². The van der Waals surface area contributed by atoms with Crippen LogP contribution in [-0.2, 0) is 9.47 Å². The third-order valence-electron chi connectivity index (χ3n) is 3.44. The van der Waals surface area contributed by atoms with Crippen molar-refractivity contribution in [2.24, 2.45) is 10.9 Å². The van der Waals surface area contributed by atoms with Gasteiger partial charge < -0.3 is 19.7 Å². The third kappa shape index (κ3) is 1.71. The number of aliphatic imine (C=N–C) groups is 1. The van der Waals surface area contributed by atoms with Crippen LogP contribution < -0.4 is 0 Å². The van der Waals surface area contributed by atoms with Gasteiger partial charge in [-0.15, -0.1) is 0 Å². The average Bonchev–Trinajstić information content (AvgIpc) is 2.74. The maximum atomic E-state index is 9.25. The second-order valence-electron chi connectivity index (χ2n) is 4.60. The number of allylic oxidation sites excluding steroid dienone is 2. The van der Waals surface area contributed by atoms with Gasteiger partial charge in [-0.2, -0.15) is 0 Å². The van der Waals surface area contributed by atoms with Gasteiger partial charge in [0.2, 0.25) is 0 Å². The van der Waals surface area contributed by atoms with Crippen molar-refractivity contribution in [3.8, 4) is 0 Å². The van der Waals surface area contributed by atoms with Crippen molar-refractivity contribution in [1.82, 2.24) is 0 Å². The molecule has 3 aliphatic rings. The largest absolute Gasteiger partial charge is 0.459 e. The Balaban J connectivity index is 1.88. The summed E-state index contributed by atoms with van der Waals surface area (Å²) in [5.41, 5.74) is 1.18. The van der Waals surface area contributed by atoms with E-state index in [1.165, 1.54) is 5.57 Å². The Labute approximate surface area is 99.1 Å². The van der Waals surface area contributed by atoms with Crippen LogP contribution in [0.4, 0.5) is 0 Å². The molecule has 0 aromatic rings. The van der Waals surface area contributed by atoms with E-state index in [-0.39, 0.29) is 19.3 Å². The number of dihydropyridines is 1. The van der Waals surface area contributed by atoms with Crippen molar-refractivity contribution in [1.29, 1.82) is 0 Å². The van der Waals surface area contributed by atoms with Gasteiger partial charge in [0.05, 0.1) is 0 Å². The first kappa shape index (κ1) is 11.0. The lowest BCUT2D eigenvalue weighted by atomic mass is 9.85. The van der Waals surface area contributed by atoms with Gasteiger partial charge in [-0.1, -0.05) is 0 Å². The summed E-state index contributed by atoms with van der Waals surface area (Å²) < 4.78 is 11.2. The summed E-state index contributed by atoms with van der Waals surface area (Å²) in [4.78, 5) is 4.23. The van der Waals surface area contributed by atoms with Gasteiger partial charge in [0.25, 0.3) is 5.79 Å². The topological polar surface area (TPSA) is 71.3 Å². The smallest absolute Gasteiger partial charge is 0.257 e. The monoisotopic (exact) mass is 237 g/mol. The fourth-order valence-electron chi connectivity index (χ4n) is 2.47. The zero-order valence-electron chi connectivity index (χ0n) is 9.37. The molecule has 2 N–H and O–H groups in total. The van der Waals surface area contributed by atoms with Gasteiger partial charge in [-0.3, -0.25) is 4.99 Å². The fourth-order valence-corrected chi connectivity index (χ4v) is 2.47. The Bertz CT molecular complexity index is 409. The van der Waals surface area contributed by atoms with Crippen LogP contribution in [0.2, 0.25) is 0 Å². The first-order valence-electron chi connectivity index (χ1n) is 5.76. The van der Waals surface area contributed by atoms with E-state index in [0.29, 0.717) is 11.7 Å². The zero-order valence-corrected chi connectivity index (χ0v) is 9.37. The maximum Gasteiger partial charge on any atom is 0.257 e. The number of hydrogen-bond donors (Lipinski definition) is 2. The standard InChI is InChI=1S/C12H15NO4/c14-6-12(7-15)16-10-3-8-1-2-13-5-9(8)4-11(10)17-12/h1-3,9,11,14-15H,4-7H2. The molecule has 0 bridgehead atoms. The van der Waals surface area contributed by atoms with Gasteiger partial charge in [-0.25, -0.2) is 0 Å².